The molecule has 39 heavy (non-hydrogen) atoms. The van der Waals surface area contributed by atoms with Gasteiger partial charge in [-0.25, -0.2) is 13.4 Å². The van der Waals surface area contributed by atoms with E-state index in [0.29, 0.717) is 41.9 Å². The maximum atomic E-state index is 12.3. The summed E-state index contributed by atoms with van der Waals surface area (Å²) in [4.78, 5) is 16.1. The third kappa shape index (κ3) is 5.12. The molecule has 4 aliphatic carbocycles. The molecule has 9 heteroatoms. The van der Waals surface area contributed by atoms with Crippen LogP contribution in [0.4, 0.5) is 0 Å². The molecule has 1 unspecified atom stereocenters. The quantitative estimate of drug-likeness (QED) is 0.410. The van der Waals surface area contributed by atoms with Crippen LogP contribution in [0.15, 0.2) is 15.9 Å². The Morgan fingerprint density at radius 2 is 1.85 bits per heavy atom. The summed E-state index contributed by atoms with van der Waals surface area (Å²) in [5.41, 5.74) is 0.345. The second-order valence-corrected chi connectivity index (χ2v) is 16.7. The Balaban J connectivity index is 1.23. The standard InChI is InChI=1S/C30H47NO6S2/c1-5-20-24-16-19(32)8-11-30(24,4)23-9-12-29(3)21(6-7-22(29)26(23)27(20)34)18(2)10-14-37-25(33)17-39(35,36)28-31-13-15-38-28/h13,15,18-24,26-27,32,34H,5-12,14,16-17H2,1-4H3/t18-,19-,20-,21?,22+,23+,24+,26+,27-,29-,30-/m1/s1. The highest BCUT2D eigenvalue weighted by molar-refractivity contribution is 7.93. The van der Waals surface area contributed by atoms with Gasteiger partial charge in [-0.05, 0) is 104 Å². The number of rotatable bonds is 8. The normalized spacial score (nSPS) is 42.7. The zero-order valence-corrected chi connectivity index (χ0v) is 25.6. The summed E-state index contributed by atoms with van der Waals surface area (Å²) < 4.78 is 30.0. The van der Waals surface area contributed by atoms with E-state index in [0.717, 1.165) is 62.7 Å². The van der Waals surface area contributed by atoms with E-state index in [1.165, 1.54) is 6.20 Å². The molecule has 11 atom stereocenters. The maximum absolute atomic E-state index is 12.3. The first-order chi connectivity index (χ1) is 18.4. The second kappa shape index (κ2) is 11.0. The molecule has 1 heterocycles. The van der Waals surface area contributed by atoms with Gasteiger partial charge in [0.25, 0.3) is 0 Å². The summed E-state index contributed by atoms with van der Waals surface area (Å²) in [6.45, 7) is 9.59. The van der Waals surface area contributed by atoms with Gasteiger partial charge in [-0.2, -0.15) is 0 Å². The van der Waals surface area contributed by atoms with E-state index < -0.39 is 21.6 Å². The van der Waals surface area contributed by atoms with Gasteiger partial charge in [0, 0.05) is 11.6 Å². The molecule has 7 nitrogen and oxygen atoms in total. The fraction of sp³-hybridized carbons (Fsp3) is 0.867. The molecule has 220 valence electrons. The van der Waals surface area contributed by atoms with Gasteiger partial charge in [0.05, 0.1) is 18.8 Å². The van der Waals surface area contributed by atoms with Gasteiger partial charge in [-0.15, -0.1) is 11.3 Å². The first-order valence-corrected chi connectivity index (χ1v) is 17.6. The third-order valence-corrected chi connectivity index (χ3v) is 14.8. The van der Waals surface area contributed by atoms with Gasteiger partial charge in [-0.3, -0.25) is 4.79 Å². The monoisotopic (exact) mass is 581 g/mol. The van der Waals surface area contributed by atoms with Gasteiger partial charge in [0.2, 0.25) is 14.2 Å². The van der Waals surface area contributed by atoms with Gasteiger partial charge in [0.1, 0.15) is 0 Å². The molecule has 4 saturated carbocycles. The highest BCUT2D eigenvalue weighted by atomic mass is 32.2. The SMILES string of the molecule is CC[C@H]1[C@@H](O)[C@@H]2[C@H](CC[C@]3(C)C([C@H](C)CCOC(=O)CS(=O)(=O)c4nccs4)CC[C@@H]23)[C@@]2(C)CC[C@@H](O)C[C@@H]12. The van der Waals surface area contributed by atoms with Crippen molar-refractivity contribution in [2.24, 2.45) is 52.3 Å². The van der Waals surface area contributed by atoms with Crippen molar-refractivity contribution in [3.63, 3.8) is 0 Å². The van der Waals surface area contributed by atoms with Crippen molar-refractivity contribution in [2.75, 3.05) is 12.4 Å². The summed E-state index contributed by atoms with van der Waals surface area (Å²) in [5.74, 6) is 1.42. The number of aliphatic hydroxyl groups excluding tert-OH is 2. The predicted octanol–water partition coefficient (Wildman–Crippen LogP) is 5.11. The molecule has 2 N–H and O–H groups in total. The molecule has 0 saturated heterocycles. The minimum atomic E-state index is -3.75. The number of thiazole rings is 1. The van der Waals surface area contributed by atoms with Crippen LogP contribution >= 0.6 is 11.3 Å². The molecule has 5 rings (SSSR count). The van der Waals surface area contributed by atoms with Crippen molar-refractivity contribution < 1.29 is 28.2 Å². The number of hydrogen-bond donors (Lipinski definition) is 2. The van der Waals surface area contributed by atoms with E-state index in [1.807, 2.05) is 0 Å². The van der Waals surface area contributed by atoms with Crippen molar-refractivity contribution in [2.45, 2.75) is 102 Å². The highest BCUT2D eigenvalue weighted by Gasteiger charge is 2.64. The molecular formula is C30H47NO6S2. The zero-order valence-electron chi connectivity index (χ0n) is 23.9. The van der Waals surface area contributed by atoms with E-state index >= 15 is 0 Å². The number of hydrogen-bond acceptors (Lipinski definition) is 8. The Kier molecular flexibility index (Phi) is 8.30. The van der Waals surface area contributed by atoms with E-state index in [-0.39, 0.29) is 39.9 Å². The fourth-order valence-corrected chi connectivity index (χ4v) is 12.1. The Hall–Kier alpha value is -1.03. The van der Waals surface area contributed by atoms with Gasteiger partial charge >= 0.3 is 5.97 Å². The summed E-state index contributed by atoms with van der Waals surface area (Å²) in [6.07, 6.45) is 9.90. The van der Waals surface area contributed by atoms with Crippen molar-refractivity contribution >= 4 is 27.1 Å². The van der Waals surface area contributed by atoms with Crippen molar-refractivity contribution in [1.82, 2.24) is 4.98 Å². The number of ether oxygens (including phenoxy) is 1. The van der Waals surface area contributed by atoms with Gasteiger partial charge in [0.15, 0.2) is 5.75 Å². The Morgan fingerprint density at radius 3 is 2.54 bits per heavy atom. The van der Waals surface area contributed by atoms with E-state index in [4.69, 9.17) is 4.74 Å². The topological polar surface area (TPSA) is 114 Å². The Bertz CT molecular complexity index is 1120. The molecular weight excluding hydrogens is 534 g/mol. The smallest absolute Gasteiger partial charge is 0.321 e. The molecule has 0 aromatic carbocycles. The number of fused-ring (bicyclic) bond motifs is 5. The predicted molar refractivity (Wildman–Crippen MR) is 151 cm³/mol. The maximum Gasteiger partial charge on any atom is 0.321 e. The molecule has 0 amide bonds. The largest absolute Gasteiger partial charge is 0.465 e. The van der Waals surface area contributed by atoms with Crippen LogP contribution < -0.4 is 0 Å². The van der Waals surface area contributed by atoms with Crippen LogP contribution in [-0.4, -0.2) is 54.2 Å². The van der Waals surface area contributed by atoms with E-state index in [9.17, 15) is 23.4 Å². The Morgan fingerprint density at radius 1 is 1.13 bits per heavy atom. The fourth-order valence-electron chi connectivity index (χ4n) is 10.1. The number of nitrogens with zero attached hydrogens (tertiary/aromatic N) is 1. The molecule has 0 bridgehead atoms. The van der Waals surface area contributed by atoms with Crippen LogP contribution in [0, 0.1) is 52.3 Å². The average molecular weight is 582 g/mol. The van der Waals surface area contributed by atoms with Crippen LogP contribution in [0.25, 0.3) is 0 Å². The molecule has 4 aliphatic rings. The first kappa shape index (κ1) is 29.5. The van der Waals surface area contributed by atoms with Crippen LogP contribution in [0.2, 0.25) is 0 Å². The van der Waals surface area contributed by atoms with E-state index in [2.05, 4.69) is 32.7 Å². The minimum Gasteiger partial charge on any atom is -0.465 e. The van der Waals surface area contributed by atoms with Gasteiger partial charge in [-0.1, -0.05) is 34.1 Å². The van der Waals surface area contributed by atoms with Crippen molar-refractivity contribution in [3.8, 4) is 0 Å². The molecule has 0 spiro atoms. The van der Waals surface area contributed by atoms with Crippen LogP contribution in [-0.2, 0) is 19.4 Å². The van der Waals surface area contributed by atoms with Gasteiger partial charge < -0.3 is 14.9 Å². The molecule has 0 aliphatic heterocycles. The van der Waals surface area contributed by atoms with Crippen molar-refractivity contribution in [1.29, 1.82) is 0 Å². The molecule has 1 aromatic rings. The van der Waals surface area contributed by atoms with E-state index in [1.54, 1.807) is 5.38 Å². The zero-order chi connectivity index (χ0) is 28.2. The third-order valence-electron chi connectivity index (χ3n) is 12.0. The lowest BCUT2D eigenvalue weighted by atomic mass is 9.41. The molecule has 0 radical (unpaired) electrons. The highest BCUT2D eigenvalue weighted by Crippen LogP contribution is 2.69. The number of carbonyl (C=O) groups is 1. The van der Waals surface area contributed by atoms with Crippen LogP contribution in [0.3, 0.4) is 0 Å². The summed E-state index contributed by atoms with van der Waals surface area (Å²) in [6, 6.07) is 0. The molecule has 4 fully saturated rings. The number of aromatic nitrogens is 1. The van der Waals surface area contributed by atoms with Crippen LogP contribution in [0.1, 0.15) is 85.5 Å². The lowest BCUT2D eigenvalue weighted by Crippen LogP contribution is -2.62. The van der Waals surface area contributed by atoms with Crippen LogP contribution in [0.5, 0.6) is 0 Å². The summed E-state index contributed by atoms with van der Waals surface area (Å²) in [5, 5.41) is 23.9. The second-order valence-electron chi connectivity index (χ2n) is 13.7. The minimum absolute atomic E-state index is 0.0480. The number of esters is 1. The summed E-state index contributed by atoms with van der Waals surface area (Å²) in [7, 11) is -3.75. The molecule has 1 aromatic heterocycles. The lowest BCUT2D eigenvalue weighted by molar-refractivity contribution is -0.203. The number of aliphatic hydroxyl groups is 2. The number of sulfone groups is 1. The number of carbonyl (C=O) groups excluding carboxylic acids is 1. The average Bonchev–Trinajstić information content (AvgIpc) is 3.54. The first-order valence-electron chi connectivity index (χ1n) is 15.1. The summed E-state index contributed by atoms with van der Waals surface area (Å²) >= 11 is 1.01. The Labute approximate surface area is 238 Å². The lowest BCUT2D eigenvalue weighted by Gasteiger charge is -2.64. The van der Waals surface area contributed by atoms with Crippen molar-refractivity contribution in [3.05, 3.63) is 11.6 Å².